The molecule has 2 heterocycles. The Morgan fingerprint density at radius 3 is 2.41 bits per heavy atom. The summed E-state index contributed by atoms with van der Waals surface area (Å²) in [4.78, 5) is 2.73. The van der Waals surface area contributed by atoms with Crippen molar-refractivity contribution in [2.45, 2.75) is 57.1 Å². The van der Waals surface area contributed by atoms with Crippen LogP contribution in [-0.2, 0) is 23.2 Å². The van der Waals surface area contributed by atoms with Crippen molar-refractivity contribution >= 4 is 33.3 Å². The molecule has 0 aliphatic carbocycles. The van der Waals surface area contributed by atoms with E-state index in [1.807, 2.05) is 6.07 Å². The van der Waals surface area contributed by atoms with Crippen molar-refractivity contribution in [2.75, 3.05) is 27.2 Å². The van der Waals surface area contributed by atoms with Crippen LogP contribution in [0.1, 0.15) is 39.0 Å². The Hall–Kier alpha value is -1.22. The average Bonchev–Trinajstić information content (AvgIpc) is 2.91. The molecule has 8 heteroatoms. The second-order valence-corrected chi connectivity index (χ2v) is 9.99. The van der Waals surface area contributed by atoms with Gasteiger partial charge in [0.1, 0.15) is 0 Å². The minimum absolute atomic E-state index is 0.315. The number of likely N-dealkylation sites (tertiary alicyclic amines) is 1. The lowest BCUT2D eigenvalue weighted by molar-refractivity contribution is 0.183. The Bertz CT molecular complexity index is 954. The molecule has 0 radical (unpaired) electrons. The molecule has 0 spiro atoms. The van der Waals surface area contributed by atoms with Crippen molar-refractivity contribution in [2.24, 2.45) is 0 Å². The third-order valence-electron chi connectivity index (χ3n) is 5.29. The fraction of sp³-hybridized carbons (Fsp3) is 0.632. The van der Waals surface area contributed by atoms with E-state index < -0.39 is 10.0 Å². The molecule has 0 bridgehead atoms. The zero-order valence-electron chi connectivity index (χ0n) is 16.5. The van der Waals surface area contributed by atoms with Crippen LogP contribution < -0.4 is 0 Å². The molecule has 6 nitrogen and oxygen atoms in total. The van der Waals surface area contributed by atoms with Gasteiger partial charge in [-0.1, -0.05) is 19.8 Å². The Labute approximate surface area is 167 Å². The summed E-state index contributed by atoms with van der Waals surface area (Å²) in [6.07, 6.45) is 5.85. The summed E-state index contributed by atoms with van der Waals surface area (Å²) in [7, 11) is -0.352. The quantitative estimate of drug-likeness (QED) is 0.654. The van der Waals surface area contributed by atoms with Gasteiger partial charge in [-0.3, -0.25) is 4.90 Å². The van der Waals surface area contributed by atoms with Gasteiger partial charge < -0.3 is 9.13 Å². The summed E-state index contributed by atoms with van der Waals surface area (Å²) in [6.45, 7) is 5.88. The molecule has 27 heavy (non-hydrogen) atoms. The number of aryl methyl sites for hydroxylation is 1. The zero-order valence-corrected chi connectivity index (χ0v) is 18.2. The molecule has 1 aromatic heterocycles. The second kappa shape index (κ2) is 8.43. The molecular weight excluding hydrogens is 380 g/mol. The number of aromatic nitrogens is 2. The summed E-state index contributed by atoms with van der Waals surface area (Å²) >= 11 is 5.80. The van der Waals surface area contributed by atoms with E-state index in [0.717, 1.165) is 54.9 Å². The standard InChI is InChI=1S/C19H30N4O2S2/c1-4-5-13-22-17-10-9-16(27(24,25)20(2)3)14-18(17)23(19(22)26)15-21-11-7-6-8-12-21/h9-10,14H,4-8,11-13,15H2,1-3H3. The molecule has 3 rings (SSSR count). The summed E-state index contributed by atoms with van der Waals surface area (Å²) in [5.41, 5.74) is 1.92. The van der Waals surface area contributed by atoms with Crippen LogP contribution in [0.2, 0.25) is 0 Å². The van der Waals surface area contributed by atoms with Gasteiger partial charge in [0.05, 0.1) is 22.6 Å². The van der Waals surface area contributed by atoms with Crippen LogP contribution >= 0.6 is 12.2 Å². The lowest BCUT2D eigenvalue weighted by Gasteiger charge is -2.27. The molecule has 1 fully saturated rings. The summed E-state index contributed by atoms with van der Waals surface area (Å²) in [5, 5.41) is 0. The number of sulfonamides is 1. The van der Waals surface area contributed by atoms with Gasteiger partial charge >= 0.3 is 0 Å². The third-order valence-corrected chi connectivity index (χ3v) is 7.55. The van der Waals surface area contributed by atoms with Gasteiger partial charge in [0.2, 0.25) is 10.0 Å². The number of unbranched alkanes of at least 4 members (excludes halogenated alkanes) is 1. The number of nitrogens with zero attached hydrogens (tertiary/aromatic N) is 4. The van der Waals surface area contributed by atoms with E-state index in [-0.39, 0.29) is 0 Å². The van der Waals surface area contributed by atoms with Gasteiger partial charge in [-0.15, -0.1) is 0 Å². The van der Waals surface area contributed by atoms with Gasteiger partial charge in [-0.05, 0) is 62.8 Å². The van der Waals surface area contributed by atoms with Gasteiger partial charge in [0.15, 0.2) is 4.77 Å². The first kappa shape index (κ1) is 20.5. The van der Waals surface area contributed by atoms with E-state index in [1.54, 1.807) is 26.2 Å². The van der Waals surface area contributed by atoms with Gasteiger partial charge in [0.25, 0.3) is 0 Å². The largest absolute Gasteiger partial charge is 0.317 e. The monoisotopic (exact) mass is 410 g/mol. The van der Waals surface area contributed by atoms with E-state index >= 15 is 0 Å². The number of rotatable bonds is 7. The van der Waals surface area contributed by atoms with Crippen molar-refractivity contribution < 1.29 is 8.42 Å². The van der Waals surface area contributed by atoms with Crippen LogP contribution in [0.3, 0.4) is 0 Å². The van der Waals surface area contributed by atoms with Crippen molar-refractivity contribution in [1.82, 2.24) is 18.3 Å². The molecule has 0 saturated carbocycles. The fourth-order valence-electron chi connectivity index (χ4n) is 3.64. The maximum atomic E-state index is 12.6. The molecule has 1 aliphatic rings. The molecule has 0 unspecified atom stereocenters. The first-order valence-corrected chi connectivity index (χ1v) is 11.6. The summed E-state index contributed by atoms with van der Waals surface area (Å²) in [5.74, 6) is 0. The Kier molecular flexibility index (Phi) is 6.40. The minimum atomic E-state index is -3.48. The molecule has 0 atom stereocenters. The smallest absolute Gasteiger partial charge is 0.242 e. The van der Waals surface area contributed by atoms with Crippen LogP contribution in [0.4, 0.5) is 0 Å². The number of hydrogen-bond acceptors (Lipinski definition) is 4. The van der Waals surface area contributed by atoms with Crippen molar-refractivity contribution in [3.8, 4) is 0 Å². The Balaban J connectivity index is 2.12. The number of hydrogen-bond donors (Lipinski definition) is 0. The normalized spacial score (nSPS) is 16.4. The van der Waals surface area contributed by atoms with Gasteiger partial charge in [-0.25, -0.2) is 12.7 Å². The van der Waals surface area contributed by atoms with E-state index in [2.05, 4.69) is 21.0 Å². The highest BCUT2D eigenvalue weighted by molar-refractivity contribution is 7.89. The Morgan fingerprint density at radius 1 is 1.07 bits per heavy atom. The first-order chi connectivity index (χ1) is 12.9. The van der Waals surface area contributed by atoms with E-state index in [1.165, 1.54) is 23.6 Å². The van der Waals surface area contributed by atoms with Crippen LogP contribution in [-0.4, -0.2) is 53.9 Å². The lowest BCUT2D eigenvalue weighted by atomic mass is 10.1. The highest BCUT2D eigenvalue weighted by atomic mass is 32.2. The highest BCUT2D eigenvalue weighted by Gasteiger charge is 2.21. The topological polar surface area (TPSA) is 50.5 Å². The predicted molar refractivity (Wildman–Crippen MR) is 112 cm³/mol. The molecular formula is C19H30N4O2S2. The summed E-state index contributed by atoms with van der Waals surface area (Å²) in [6, 6.07) is 5.39. The molecule has 150 valence electrons. The van der Waals surface area contributed by atoms with Crippen molar-refractivity contribution in [1.29, 1.82) is 0 Å². The predicted octanol–water partition coefficient (Wildman–Crippen LogP) is 3.67. The average molecular weight is 411 g/mol. The van der Waals surface area contributed by atoms with Crippen LogP contribution in [0.15, 0.2) is 23.1 Å². The highest BCUT2D eigenvalue weighted by Crippen LogP contribution is 2.25. The van der Waals surface area contributed by atoms with E-state index in [0.29, 0.717) is 4.90 Å². The zero-order chi connectivity index (χ0) is 19.6. The first-order valence-electron chi connectivity index (χ1n) is 9.74. The number of benzene rings is 1. The fourth-order valence-corrected chi connectivity index (χ4v) is 4.91. The van der Waals surface area contributed by atoms with Gasteiger partial charge in [0, 0.05) is 20.6 Å². The molecule has 2 aromatic rings. The molecule has 1 saturated heterocycles. The van der Waals surface area contributed by atoms with Crippen molar-refractivity contribution in [3.05, 3.63) is 23.0 Å². The minimum Gasteiger partial charge on any atom is -0.317 e. The lowest BCUT2D eigenvalue weighted by Crippen LogP contribution is -2.31. The molecule has 0 N–H and O–H groups in total. The van der Waals surface area contributed by atoms with E-state index in [4.69, 9.17) is 12.2 Å². The molecule has 1 aromatic carbocycles. The van der Waals surface area contributed by atoms with Crippen LogP contribution in [0.5, 0.6) is 0 Å². The van der Waals surface area contributed by atoms with E-state index in [9.17, 15) is 8.42 Å². The summed E-state index contributed by atoms with van der Waals surface area (Å²) < 4.78 is 31.5. The van der Waals surface area contributed by atoms with Crippen LogP contribution in [0, 0.1) is 4.77 Å². The van der Waals surface area contributed by atoms with Crippen molar-refractivity contribution in [3.63, 3.8) is 0 Å². The number of imidazole rings is 1. The second-order valence-electron chi connectivity index (χ2n) is 7.47. The number of piperidine rings is 1. The third kappa shape index (κ3) is 4.13. The number of fused-ring (bicyclic) bond motifs is 1. The molecule has 0 amide bonds. The molecule has 1 aliphatic heterocycles. The Morgan fingerprint density at radius 2 is 1.78 bits per heavy atom. The van der Waals surface area contributed by atoms with Gasteiger partial charge in [-0.2, -0.15) is 0 Å². The SMILES string of the molecule is CCCCn1c(=S)n(CN2CCCCC2)c2cc(S(=O)(=O)N(C)C)ccc21. The maximum Gasteiger partial charge on any atom is 0.242 e. The maximum absolute atomic E-state index is 12.6. The van der Waals surface area contributed by atoms with Crippen LogP contribution in [0.25, 0.3) is 11.0 Å².